The highest BCUT2D eigenvalue weighted by Crippen LogP contribution is 2.33. The smallest absolute Gasteiger partial charge is 0.319 e. The van der Waals surface area contributed by atoms with Gasteiger partial charge >= 0.3 is 6.03 Å². The topological polar surface area (TPSA) is 53.2 Å². The Kier molecular flexibility index (Phi) is 5.01. The molecule has 2 amide bonds. The van der Waals surface area contributed by atoms with Gasteiger partial charge in [-0.05, 0) is 43.5 Å². The van der Waals surface area contributed by atoms with Crippen LogP contribution in [-0.2, 0) is 0 Å². The predicted molar refractivity (Wildman–Crippen MR) is 82.9 cm³/mol. The molecule has 20 heavy (non-hydrogen) atoms. The van der Waals surface area contributed by atoms with Crippen molar-refractivity contribution in [1.82, 2.24) is 10.6 Å². The van der Waals surface area contributed by atoms with Crippen molar-refractivity contribution in [3.8, 4) is 0 Å². The number of amides is 2. The summed E-state index contributed by atoms with van der Waals surface area (Å²) in [5.41, 5.74) is 2.06. The van der Waals surface area contributed by atoms with Crippen LogP contribution in [0.4, 0.5) is 10.5 Å². The van der Waals surface area contributed by atoms with E-state index in [0.717, 1.165) is 25.1 Å². The Labute approximate surface area is 121 Å². The van der Waals surface area contributed by atoms with Crippen LogP contribution in [0.3, 0.4) is 0 Å². The average molecular weight is 275 g/mol. The molecule has 1 aromatic rings. The van der Waals surface area contributed by atoms with Crippen molar-refractivity contribution >= 4 is 11.7 Å². The van der Waals surface area contributed by atoms with Crippen LogP contribution in [0, 0.1) is 5.92 Å². The molecule has 1 aliphatic carbocycles. The monoisotopic (exact) mass is 275 g/mol. The van der Waals surface area contributed by atoms with E-state index in [2.05, 4.69) is 48.9 Å². The second-order valence-electron chi connectivity index (χ2n) is 5.51. The molecule has 0 aliphatic heterocycles. The molecule has 3 N–H and O–H groups in total. The van der Waals surface area contributed by atoms with Gasteiger partial charge in [-0.25, -0.2) is 4.79 Å². The molecule has 4 nitrogen and oxygen atoms in total. The summed E-state index contributed by atoms with van der Waals surface area (Å²) in [7, 11) is 0. The first-order chi connectivity index (χ1) is 9.63. The van der Waals surface area contributed by atoms with Gasteiger partial charge < -0.3 is 16.0 Å². The lowest BCUT2D eigenvalue weighted by Gasteiger charge is -2.13. The molecule has 0 radical (unpaired) electrons. The molecule has 0 heterocycles. The van der Waals surface area contributed by atoms with Crippen LogP contribution in [0.5, 0.6) is 0 Å². The quantitative estimate of drug-likeness (QED) is 0.746. The van der Waals surface area contributed by atoms with Crippen molar-refractivity contribution in [3.05, 3.63) is 29.8 Å². The number of urea groups is 1. The molecule has 0 bridgehead atoms. The van der Waals surface area contributed by atoms with Crippen LogP contribution in [0.2, 0.25) is 0 Å². The first-order valence-electron chi connectivity index (χ1n) is 7.54. The molecule has 1 aromatic carbocycles. The zero-order valence-corrected chi connectivity index (χ0v) is 12.6. The van der Waals surface area contributed by atoms with Gasteiger partial charge in [0.1, 0.15) is 0 Å². The Bertz CT molecular complexity index is 444. The van der Waals surface area contributed by atoms with Crippen LogP contribution in [0.25, 0.3) is 0 Å². The second kappa shape index (κ2) is 6.75. The maximum absolute atomic E-state index is 11.8. The summed E-state index contributed by atoms with van der Waals surface area (Å²) in [6.07, 6.45) is 2.25. The van der Waals surface area contributed by atoms with Gasteiger partial charge in [0.25, 0.3) is 0 Å². The van der Waals surface area contributed by atoms with E-state index < -0.39 is 0 Å². The van der Waals surface area contributed by atoms with E-state index in [9.17, 15) is 4.79 Å². The molecule has 110 valence electrons. The fourth-order valence-electron chi connectivity index (χ4n) is 2.49. The van der Waals surface area contributed by atoms with E-state index in [1.54, 1.807) is 0 Å². The summed E-state index contributed by atoms with van der Waals surface area (Å²) in [5, 5.41) is 9.25. The summed E-state index contributed by atoms with van der Waals surface area (Å²) >= 11 is 0. The Morgan fingerprint density at radius 3 is 2.55 bits per heavy atom. The van der Waals surface area contributed by atoms with Crippen molar-refractivity contribution in [1.29, 1.82) is 0 Å². The predicted octanol–water partition coefficient (Wildman–Crippen LogP) is 3.28. The fourth-order valence-corrected chi connectivity index (χ4v) is 2.49. The van der Waals surface area contributed by atoms with Crippen molar-refractivity contribution < 1.29 is 4.79 Å². The molecule has 0 spiro atoms. The standard InChI is InChI=1S/C16H25N3O/c1-4-12-10-15(12)19-16(20)18-14-8-6-13(7-9-14)11(3)17-5-2/h6-9,11-12,15,17H,4-5,10H2,1-3H3,(H2,18,19,20). The van der Waals surface area contributed by atoms with Gasteiger partial charge in [0, 0.05) is 17.8 Å². The summed E-state index contributed by atoms with van der Waals surface area (Å²) in [4.78, 5) is 11.8. The minimum absolute atomic E-state index is 0.0987. The molecule has 1 fully saturated rings. The molecular formula is C16H25N3O. The van der Waals surface area contributed by atoms with Crippen LogP contribution in [0.1, 0.15) is 45.2 Å². The first-order valence-corrected chi connectivity index (χ1v) is 7.54. The van der Waals surface area contributed by atoms with E-state index in [0.29, 0.717) is 18.0 Å². The van der Waals surface area contributed by atoms with Gasteiger partial charge in [-0.2, -0.15) is 0 Å². The Morgan fingerprint density at radius 2 is 2.00 bits per heavy atom. The summed E-state index contributed by atoms with van der Waals surface area (Å²) in [6, 6.07) is 8.61. The fraction of sp³-hybridized carbons (Fsp3) is 0.562. The van der Waals surface area contributed by atoms with Gasteiger partial charge in [-0.3, -0.25) is 0 Å². The van der Waals surface area contributed by atoms with E-state index in [1.165, 1.54) is 5.56 Å². The third-order valence-corrected chi connectivity index (χ3v) is 3.94. The molecule has 4 heteroatoms. The maximum Gasteiger partial charge on any atom is 0.319 e. The average Bonchev–Trinajstić information content (AvgIpc) is 3.18. The number of hydrogen-bond donors (Lipinski definition) is 3. The van der Waals surface area contributed by atoms with Gasteiger partial charge in [-0.1, -0.05) is 32.4 Å². The highest BCUT2D eigenvalue weighted by atomic mass is 16.2. The van der Waals surface area contributed by atoms with Gasteiger partial charge in [-0.15, -0.1) is 0 Å². The third-order valence-electron chi connectivity index (χ3n) is 3.94. The highest BCUT2D eigenvalue weighted by Gasteiger charge is 2.36. The van der Waals surface area contributed by atoms with Crippen molar-refractivity contribution in [2.45, 2.75) is 45.7 Å². The highest BCUT2D eigenvalue weighted by molar-refractivity contribution is 5.89. The molecule has 3 atom stereocenters. The number of benzene rings is 1. The number of anilines is 1. The van der Waals surface area contributed by atoms with Gasteiger partial charge in [0.05, 0.1) is 0 Å². The molecule has 1 saturated carbocycles. The first kappa shape index (κ1) is 14.9. The lowest BCUT2D eigenvalue weighted by Crippen LogP contribution is -2.31. The van der Waals surface area contributed by atoms with Gasteiger partial charge in [0.15, 0.2) is 0 Å². The summed E-state index contributed by atoms with van der Waals surface area (Å²) in [6.45, 7) is 7.34. The molecule has 3 unspecified atom stereocenters. The number of rotatable bonds is 6. The molecule has 1 aliphatic rings. The van der Waals surface area contributed by atoms with Crippen molar-refractivity contribution in [2.24, 2.45) is 5.92 Å². The largest absolute Gasteiger partial charge is 0.335 e. The Balaban J connectivity index is 1.82. The second-order valence-corrected chi connectivity index (χ2v) is 5.51. The van der Waals surface area contributed by atoms with Crippen LogP contribution in [-0.4, -0.2) is 18.6 Å². The van der Waals surface area contributed by atoms with Crippen LogP contribution >= 0.6 is 0 Å². The lowest BCUT2D eigenvalue weighted by molar-refractivity contribution is 0.251. The SMILES string of the molecule is CCNC(C)c1ccc(NC(=O)NC2CC2CC)cc1. The number of carbonyl (C=O) groups is 1. The summed E-state index contributed by atoms with van der Waals surface area (Å²) < 4.78 is 0. The van der Waals surface area contributed by atoms with E-state index in [-0.39, 0.29) is 6.03 Å². The number of nitrogens with one attached hydrogen (secondary N) is 3. The Hall–Kier alpha value is -1.55. The minimum atomic E-state index is -0.0987. The molecular weight excluding hydrogens is 250 g/mol. The molecule has 2 rings (SSSR count). The normalized spacial score (nSPS) is 22.1. The summed E-state index contributed by atoms with van der Waals surface area (Å²) in [5.74, 6) is 0.670. The zero-order chi connectivity index (χ0) is 14.5. The zero-order valence-electron chi connectivity index (χ0n) is 12.6. The van der Waals surface area contributed by atoms with Gasteiger partial charge in [0.2, 0.25) is 0 Å². The van der Waals surface area contributed by atoms with E-state index in [1.807, 2.05) is 12.1 Å². The lowest BCUT2D eigenvalue weighted by atomic mass is 10.1. The molecule has 0 saturated heterocycles. The van der Waals surface area contributed by atoms with Crippen molar-refractivity contribution in [3.63, 3.8) is 0 Å². The van der Waals surface area contributed by atoms with Crippen LogP contribution in [0.15, 0.2) is 24.3 Å². The third kappa shape index (κ3) is 3.97. The Morgan fingerprint density at radius 1 is 1.30 bits per heavy atom. The number of carbonyl (C=O) groups excluding carboxylic acids is 1. The van der Waals surface area contributed by atoms with Crippen LogP contribution < -0.4 is 16.0 Å². The van der Waals surface area contributed by atoms with E-state index in [4.69, 9.17) is 0 Å². The molecule has 0 aromatic heterocycles. The van der Waals surface area contributed by atoms with E-state index >= 15 is 0 Å². The maximum atomic E-state index is 11.8. The number of hydrogen-bond acceptors (Lipinski definition) is 2. The minimum Gasteiger partial charge on any atom is -0.335 e. The van der Waals surface area contributed by atoms with Crippen molar-refractivity contribution in [2.75, 3.05) is 11.9 Å².